The van der Waals surface area contributed by atoms with Gasteiger partial charge in [-0.2, -0.15) is 0 Å². The molecule has 0 unspecified atom stereocenters. The van der Waals surface area contributed by atoms with Crippen LogP contribution in [0.25, 0.3) is 32.7 Å². The largest absolute Gasteiger partial charge is 0.497 e. The molecule has 1 nitrogen and oxygen atoms in total. The smallest absolute Gasteiger partial charge is 0.249 e. The lowest BCUT2D eigenvalue weighted by atomic mass is 9.97. The van der Waals surface area contributed by atoms with Crippen molar-refractivity contribution in [3.05, 3.63) is 72.3 Å². The molecule has 0 N–H and O–H groups in total. The number of fused-ring (bicyclic) bond motifs is 2. The average molecular weight is 402 g/mol. The van der Waals surface area contributed by atoms with E-state index in [4.69, 9.17) is 0 Å². The number of rotatable bonds is 4. The van der Waals surface area contributed by atoms with Gasteiger partial charge in [-0.1, -0.05) is 54.6 Å². The van der Waals surface area contributed by atoms with E-state index >= 15 is 0 Å². The van der Waals surface area contributed by atoms with Crippen LogP contribution in [-0.4, -0.2) is 67.4 Å². The lowest BCUT2D eigenvalue weighted by Gasteiger charge is -2.17. The van der Waals surface area contributed by atoms with E-state index in [1.807, 2.05) is 2.87 Å². The standard InChI is InChI=1S/C21H13N.CH3.4Al/c22-14-15-4-3-7-16(10-15)19-8-9-20-11-17-5-1-2-6-18(17)12-21(20)13-19;;;;;/h1-10,13H,14H2;1H3;;;;. The van der Waals surface area contributed by atoms with Crippen molar-refractivity contribution in [1.82, 2.24) is 2.87 Å². The van der Waals surface area contributed by atoms with Crippen molar-refractivity contribution < 1.29 is 0 Å². The Morgan fingerprint density at radius 1 is 0.778 bits per heavy atom. The van der Waals surface area contributed by atoms with Crippen LogP contribution in [0.2, 0.25) is 5.79 Å². The van der Waals surface area contributed by atoms with Crippen LogP contribution >= 0.6 is 0 Å². The Labute approximate surface area is 192 Å². The molecule has 121 valence electrons. The van der Waals surface area contributed by atoms with Crippen molar-refractivity contribution >= 4 is 94.9 Å². The molecule has 4 aromatic rings. The summed E-state index contributed by atoms with van der Waals surface area (Å²) in [5.41, 5.74) is 3.88. The molecule has 0 aromatic heterocycles. The summed E-state index contributed by atoms with van der Waals surface area (Å²) in [5.74, 6) is 2.34. The van der Waals surface area contributed by atoms with Crippen LogP contribution in [0.4, 0.5) is 0 Å². The Balaban J connectivity index is 1.93. The highest BCUT2D eigenvalue weighted by molar-refractivity contribution is 6.62. The molecule has 0 aliphatic rings. The molecule has 0 aliphatic heterocycles. The predicted octanol–water partition coefficient (Wildman–Crippen LogP) is 2.80. The SMILES string of the molecule is [CH3][Al][c]1c2ccccc2[c]([Al])c2ccc(-c3cccc(C[N]([Al])[Al])c3)cc12. The summed E-state index contributed by atoms with van der Waals surface area (Å²) in [7, 11) is 0. The molecule has 7 radical (unpaired) electrons. The summed E-state index contributed by atoms with van der Waals surface area (Å²) in [5, 5.41) is 5.51. The second-order valence-corrected chi connectivity index (χ2v) is 10.4. The molecule has 5 heteroatoms. The van der Waals surface area contributed by atoms with Crippen molar-refractivity contribution in [2.24, 2.45) is 0 Å². The Morgan fingerprint density at radius 2 is 1.48 bits per heavy atom. The monoisotopic (exact) mass is 402 g/mol. The molecule has 0 saturated carbocycles. The van der Waals surface area contributed by atoms with Gasteiger partial charge in [-0.15, -0.1) is 14.6 Å². The van der Waals surface area contributed by atoms with Crippen LogP contribution in [0, 0.1) is 0 Å². The minimum Gasteiger partial charge on any atom is -0.497 e. The highest BCUT2D eigenvalue weighted by Crippen LogP contribution is 2.26. The second kappa shape index (κ2) is 8.47. The fourth-order valence-corrected chi connectivity index (χ4v) is 5.83. The van der Waals surface area contributed by atoms with E-state index in [2.05, 4.69) is 122 Å². The van der Waals surface area contributed by atoms with E-state index in [1.54, 1.807) is 0 Å². The zero-order valence-electron chi connectivity index (χ0n) is 15.3. The minimum atomic E-state index is 0.226. The number of hydrogen-bond donors (Lipinski definition) is 0. The Morgan fingerprint density at radius 3 is 2.22 bits per heavy atom. The first-order chi connectivity index (χ1) is 13.1. The molecule has 0 aliphatic carbocycles. The van der Waals surface area contributed by atoms with Gasteiger partial charge in [0.25, 0.3) is 0 Å². The van der Waals surface area contributed by atoms with Crippen LogP contribution in [0.3, 0.4) is 0 Å². The van der Waals surface area contributed by atoms with Crippen LogP contribution < -0.4 is 8.85 Å². The van der Waals surface area contributed by atoms with Gasteiger partial charge in [0.2, 0.25) is 48.2 Å². The first-order valence-electron chi connectivity index (χ1n) is 8.98. The molecular formula is C22H16Al4N. The summed E-state index contributed by atoms with van der Waals surface area (Å²) >= 11 is 8.59. The van der Waals surface area contributed by atoms with E-state index in [0.717, 1.165) is 6.54 Å². The summed E-state index contributed by atoms with van der Waals surface area (Å²) < 4.78 is 4.87. The van der Waals surface area contributed by atoms with E-state index in [1.165, 1.54) is 47.1 Å². The van der Waals surface area contributed by atoms with Gasteiger partial charge in [0, 0.05) is 0 Å². The molecule has 0 amide bonds. The number of benzene rings is 4. The molecule has 0 atom stereocenters. The number of hydrogen-bond acceptors (Lipinski definition) is 1. The molecular weight excluding hydrogens is 386 g/mol. The topological polar surface area (TPSA) is 3.24 Å². The Hall–Kier alpha value is -0.510. The average Bonchev–Trinajstić information content (AvgIpc) is 2.68. The number of nitrogens with zero attached hydrogens (tertiary/aromatic N) is 1. The van der Waals surface area contributed by atoms with E-state index < -0.39 is 0 Å². The minimum absolute atomic E-state index is 0.226. The fourth-order valence-electron chi connectivity index (χ4n) is 3.80. The quantitative estimate of drug-likeness (QED) is 0.375. The highest BCUT2D eigenvalue weighted by atomic mass is 27.1. The van der Waals surface area contributed by atoms with Gasteiger partial charge in [-0.05, 0) is 56.9 Å². The summed E-state index contributed by atoms with van der Waals surface area (Å²) in [6.07, 6.45) is 0. The van der Waals surface area contributed by atoms with Crippen LogP contribution in [-0.2, 0) is 6.54 Å². The normalized spacial score (nSPS) is 11.3. The molecule has 0 bridgehead atoms. The third-order valence-corrected chi connectivity index (χ3v) is 7.21. The van der Waals surface area contributed by atoms with Gasteiger partial charge >= 0.3 is 0 Å². The van der Waals surface area contributed by atoms with Gasteiger partial charge < -0.3 is 2.87 Å². The summed E-state index contributed by atoms with van der Waals surface area (Å²) in [4.78, 5) is 0. The third kappa shape index (κ3) is 3.97. The van der Waals surface area contributed by atoms with Gasteiger partial charge in [-0.3, -0.25) is 0 Å². The van der Waals surface area contributed by atoms with Crippen molar-refractivity contribution in [3.63, 3.8) is 0 Å². The lowest BCUT2D eigenvalue weighted by molar-refractivity contribution is 0.700. The maximum absolute atomic E-state index is 2.97. The van der Waals surface area contributed by atoms with Crippen LogP contribution in [0.15, 0.2) is 66.7 Å². The Kier molecular flexibility index (Phi) is 6.21. The van der Waals surface area contributed by atoms with Crippen LogP contribution in [0.1, 0.15) is 5.56 Å². The van der Waals surface area contributed by atoms with Crippen molar-refractivity contribution in [1.29, 1.82) is 0 Å². The maximum Gasteiger partial charge on any atom is 0.249 e. The van der Waals surface area contributed by atoms with Gasteiger partial charge in [0.1, 0.15) is 0 Å². The predicted molar refractivity (Wildman–Crippen MR) is 121 cm³/mol. The van der Waals surface area contributed by atoms with Crippen molar-refractivity contribution in [3.8, 4) is 11.1 Å². The fraction of sp³-hybridized carbons (Fsp3) is 0.0909. The maximum atomic E-state index is 2.97. The molecule has 4 rings (SSSR count). The Bertz CT molecular complexity index is 1140. The molecule has 27 heavy (non-hydrogen) atoms. The first kappa shape index (κ1) is 19.8. The van der Waals surface area contributed by atoms with Gasteiger partial charge in [0.15, 0.2) is 16.3 Å². The third-order valence-electron chi connectivity index (χ3n) is 5.02. The molecule has 0 saturated heterocycles. The second-order valence-electron chi connectivity index (χ2n) is 6.79. The van der Waals surface area contributed by atoms with Crippen molar-refractivity contribution in [2.75, 3.05) is 0 Å². The van der Waals surface area contributed by atoms with Crippen LogP contribution in [0.5, 0.6) is 0 Å². The zero-order valence-corrected chi connectivity index (χ0v) is 19.9. The van der Waals surface area contributed by atoms with E-state index in [-0.39, 0.29) is 15.2 Å². The highest BCUT2D eigenvalue weighted by Gasteiger charge is 2.11. The van der Waals surface area contributed by atoms with Gasteiger partial charge in [0.05, 0.1) is 0 Å². The van der Waals surface area contributed by atoms with Crippen molar-refractivity contribution in [2.45, 2.75) is 12.3 Å². The molecule has 0 heterocycles. The summed E-state index contributed by atoms with van der Waals surface area (Å²) in [6.45, 7) is 0.890. The summed E-state index contributed by atoms with van der Waals surface area (Å²) in [6, 6.07) is 24.6. The zero-order chi connectivity index (χ0) is 19.0. The molecule has 0 spiro atoms. The molecule has 0 fully saturated rings. The van der Waals surface area contributed by atoms with E-state index in [9.17, 15) is 0 Å². The lowest BCUT2D eigenvalue weighted by Crippen LogP contribution is -2.20. The first-order valence-corrected chi connectivity index (χ1v) is 12.3. The van der Waals surface area contributed by atoms with E-state index in [0.29, 0.717) is 0 Å². The molecule has 4 aromatic carbocycles. The van der Waals surface area contributed by atoms with Gasteiger partial charge in [-0.25, -0.2) is 0 Å².